The van der Waals surface area contributed by atoms with Gasteiger partial charge in [-0.25, -0.2) is 8.42 Å². The standard InChI is InChI=1S/C25H31N3O3S/c1-18-24(21-7-5-6-8-22(21)26-18)23(29)17-27-13-15-28(16-14-27)32(30,31)20-11-9-19(10-12-20)25(2,3)4/h5-12,26H,13-17H2,1-4H3. The van der Waals surface area contributed by atoms with E-state index in [0.717, 1.165) is 27.7 Å². The number of sulfonamides is 1. The topological polar surface area (TPSA) is 73.5 Å². The van der Waals surface area contributed by atoms with Gasteiger partial charge in [-0.2, -0.15) is 4.31 Å². The van der Waals surface area contributed by atoms with Gasteiger partial charge in [-0.1, -0.05) is 51.1 Å². The summed E-state index contributed by atoms with van der Waals surface area (Å²) in [4.78, 5) is 18.7. The van der Waals surface area contributed by atoms with Crippen molar-refractivity contribution < 1.29 is 13.2 Å². The van der Waals surface area contributed by atoms with E-state index in [9.17, 15) is 13.2 Å². The second-order valence-electron chi connectivity index (χ2n) is 9.55. The van der Waals surface area contributed by atoms with Crippen molar-refractivity contribution in [3.05, 3.63) is 65.4 Å². The predicted octanol–water partition coefficient (Wildman–Crippen LogP) is 3.96. The van der Waals surface area contributed by atoms with Crippen LogP contribution in [0.1, 0.15) is 42.4 Å². The molecule has 2 heterocycles. The fourth-order valence-corrected chi connectivity index (χ4v) is 5.74. The van der Waals surface area contributed by atoms with Gasteiger partial charge in [0.05, 0.1) is 11.4 Å². The number of hydrogen-bond acceptors (Lipinski definition) is 4. The number of nitrogens with one attached hydrogen (secondary N) is 1. The monoisotopic (exact) mass is 453 g/mol. The first-order valence-corrected chi connectivity index (χ1v) is 12.4. The predicted molar refractivity (Wildman–Crippen MR) is 128 cm³/mol. The highest BCUT2D eigenvalue weighted by Crippen LogP contribution is 2.26. The minimum absolute atomic E-state index is 0.0242. The Morgan fingerprint density at radius 3 is 2.22 bits per heavy atom. The van der Waals surface area contributed by atoms with Crippen LogP contribution in [0.2, 0.25) is 0 Å². The maximum Gasteiger partial charge on any atom is 0.243 e. The summed E-state index contributed by atoms with van der Waals surface area (Å²) < 4.78 is 27.7. The number of hydrogen-bond donors (Lipinski definition) is 1. The Morgan fingerprint density at radius 1 is 0.969 bits per heavy atom. The van der Waals surface area contributed by atoms with Crippen LogP contribution in [0.3, 0.4) is 0 Å². The van der Waals surface area contributed by atoms with Gasteiger partial charge in [0.2, 0.25) is 10.0 Å². The molecule has 0 saturated carbocycles. The van der Waals surface area contributed by atoms with Gasteiger partial charge < -0.3 is 4.98 Å². The average Bonchev–Trinajstić information content (AvgIpc) is 3.09. The Balaban J connectivity index is 1.41. The summed E-state index contributed by atoms with van der Waals surface area (Å²) in [6.07, 6.45) is 0. The van der Waals surface area contributed by atoms with E-state index in [-0.39, 0.29) is 17.7 Å². The summed E-state index contributed by atoms with van der Waals surface area (Å²) in [6.45, 7) is 10.4. The zero-order valence-corrected chi connectivity index (χ0v) is 20.0. The largest absolute Gasteiger partial charge is 0.358 e. The van der Waals surface area contributed by atoms with Crippen LogP contribution in [0.5, 0.6) is 0 Å². The summed E-state index contributed by atoms with van der Waals surface area (Å²) in [5.41, 5.74) is 3.64. The van der Waals surface area contributed by atoms with Crippen LogP contribution in [-0.4, -0.2) is 61.1 Å². The molecule has 0 spiro atoms. The third-order valence-corrected chi connectivity index (χ3v) is 8.14. The molecule has 32 heavy (non-hydrogen) atoms. The zero-order valence-electron chi connectivity index (χ0n) is 19.2. The van der Waals surface area contributed by atoms with E-state index in [4.69, 9.17) is 0 Å². The van der Waals surface area contributed by atoms with Gasteiger partial charge in [-0.05, 0) is 36.1 Å². The lowest BCUT2D eigenvalue weighted by molar-refractivity contribution is 0.0903. The number of ketones is 1. The van der Waals surface area contributed by atoms with Crippen molar-refractivity contribution in [2.75, 3.05) is 32.7 Å². The molecule has 0 radical (unpaired) electrons. The van der Waals surface area contributed by atoms with Gasteiger partial charge in [0.1, 0.15) is 0 Å². The minimum Gasteiger partial charge on any atom is -0.358 e. The number of H-pyrrole nitrogens is 1. The average molecular weight is 454 g/mol. The normalized spacial score (nSPS) is 16.5. The van der Waals surface area contributed by atoms with Crippen LogP contribution >= 0.6 is 0 Å². The molecule has 0 bridgehead atoms. The number of rotatable bonds is 5. The maximum absolute atomic E-state index is 13.1. The molecule has 0 aliphatic carbocycles. The quantitative estimate of drug-likeness (QED) is 0.594. The number of fused-ring (bicyclic) bond motifs is 1. The van der Waals surface area contributed by atoms with Gasteiger partial charge in [-0.15, -0.1) is 0 Å². The lowest BCUT2D eigenvalue weighted by Gasteiger charge is -2.33. The Hall–Kier alpha value is -2.48. The van der Waals surface area contributed by atoms with E-state index in [1.54, 1.807) is 12.1 Å². The highest BCUT2D eigenvalue weighted by atomic mass is 32.2. The van der Waals surface area contributed by atoms with Gasteiger partial charge in [0.15, 0.2) is 5.78 Å². The Labute approximate surface area is 190 Å². The molecule has 0 unspecified atom stereocenters. The molecule has 1 aromatic heterocycles. The number of carbonyl (C=O) groups is 1. The van der Waals surface area contributed by atoms with Gasteiger partial charge >= 0.3 is 0 Å². The SMILES string of the molecule is Cc1[nH]c2ccccc2c1C(=O)CN1CCN(S(=O)(=O)c2ccc(C(C)(C)C)cc2)CC1. The molecular weight excluding hydrogens is 422 g/mol. The molecule has 4 rings (SSSR count). The van der Waals surface area contributed by atoms with E-state index in [0.29, 0.717) is 31.1 Å². The molecule has 6 nitrogen and oxygen atoms in total. The highest BCUT2D eigenvalue weighted by Gasteiger charge is 2.30. The summed E-state index contributed by atoms with van der Waals surface area (Å²) in [6, 6.07) is 15.0. The molecule has 0 amide bonds. The van der Waals surface area contributed by atoms with E-state index < -0.39 is 10.0 Å². The van der Waals surface area contributed by atoms with Crippen LogP contribution in [-0.2, 0) is 15.4 Å². The second-order valence-corrected chi connectivity index (χ2v) is 11.5. The smallest absolute Gasteiger partial charge is 0.243 e. The first-order chi connectivity index (χ1) is 15.1. The third-order valence-electron chi connectivity index (χ3n) is 6.23. The number of carbonyl (C=O) groups excluding carboxylic acids is 1. The third kappa shape index (κ3) is 4.37. The number of aromatic nitrogens is 1. The van der Waals surface area contributed by atoms with Crippen molar-refractivity contribution >= 4 is 26.7 Å². The summed E-state index contributed by atoms with van der Waals surface area (Å²) in [7, 11) is -3.54. The molecule has 1 fully saturated rings. The van der Waals surface area contributed by atoms with Crippen molar-refractivity contribution in [1.29, 1.82) is 0 Å². The summed E-state index contributed by atoms with van der Waals surface area (Å²) >= 11 is 0. The van der Waals surface area contributed by atoms with Crippen LogP contribution in [0.25, 0.3) is 10.9 Å². The molecule has 7 heteroatoms. The number of Topliss-reactive ketones (excluding diaryl/α,β-unsaturated/α-hetero) is 1. The second kappa shape index (κ2) is 8.46. The summed E-state index contributed by atoms with van der Waals surface area (Å²) in [5, 5.41) is 0.940. The minimum atomic E-state index is -3.54. The van der Waals surface area contributed by atoms with Crippen LogP contribution in [0.15, 0.2) is 53.4 Å². The maximum atomic E-state index is 13.1. The lowest BCUT2D eigenvalue weighted by atomic mass is 9.87. The van der Waals surface area contributed by atoms with Gasteiger partial charge in [0.25, 0.3) is 0 Å². The number of benzene rings is 2. The molecule has 1 saturated heterocycles. The van der Waals surface area contributed by atoms with Crippen molar-refractivity contribution in [1.82, 2.24) is 14.2 Å². The molecule has 2 aromatic carbocycles. The zero-order chi connectivity index (χ0) is 23.1. The van der Waals surface area contributed by atoms with Crippen molar-refractivity contribution in [2.45, 2.75) is 38.0 Å². The lowest BCUT2D eigenvalue weighted by Crippen LogP contribution is -2.49. The Bertz CT molecular complexity index is 1230. The van der Waals surface area contributed by atoms with Gasteiger partial charge in [-0.3, -0.25) is 9.69 Å². The first kappa shape index (κ1) is 22.7. The molecular formula is C25H31N3O3S. The molecule has 1 aliphatic heterocycles. The van der Waals surface area contributed by atoms with Crippen LogP contribution in [0.4, 0.5) is 0 Å². The number of nitrogens with zero attached hydrogens (tertiary/aromatic N) is 2. The Kier molecular flexibility index (Phi) is 6.00. The fraction of sp³-hybridized carbons (Fsp3) is 0.400. The van der Waals surface area contributed by atoms with Crippen LogP contribution in [0, 0.1) is 6.92 Å². The van der Waals surface area contributed by atoms with E-state index in [1.807, 2.05) is 48.2 Å². The Morgan fingerprint density at radius 2 is 1.59 bits per heavy atom. The number of piperazine rings is 1. The molecule has 170 valence electrons. The summed E-state index contributed by atoms with van der Waals surface area (Å²) in [5.74, 6) is 0.0639. The molecule has 0 atom stereocenters. The first-order valence-electron chi connectivity index (χ1n) is 11.0. The van der Waals surface area contributed by atoms with Crippen molar-refractivity contribution in [2.24, 2.45) is 0 Å². The molecule has 3 aromatic rings. The number of para-hydroxylation sites is 1. The van der Waals surface area contributed by atoms with E-state index in [2.05, 4.69) is 25.8 Å². The van der Waals surface area contributed by atoms with Crippen LogP contribution < -0.4 is 0 Å². The number of aryl methyl sites for hydroxylation is 1. The van der Waals surface area contributed by atoms with Gasteiger partial charge in [0, 0.05) is 48.3 Å². The van der Waals surface area contributed by atoms with E-state index >= 15 is 0 Å². The highest BCUT2D eigenvalue weighted by molar-refractivity contribution is 7.89. The van der Waals surface area contributed by atoms with E-state index in [1.165, 1.54) is 4.31 Å². The fourth-order valence-electron chi connectivity index (χ4n) is 4.32. The van der Waals surface area contributed by atoms with Crippen molar-refractivity contribution in [3.63, 3.8) is 0 Å². The number of aromatic amines is 1. The molecule has 1 aliphatic rings. The molecule has 1 N–H and O–H groups in total. The van der Waals surface area contributed by atoms with Crippen molar-refractivity contribution in [3.8, 4) is 0 Å².